The molecular formula is C31H58. The number of aryl methyl sites for hydroxylation is 1. The lowest BCUT2D eigenvalue weighted by atomic mass is 9.78. The summed E-state index contributed by atoms with van der Waals surface area (Å²) in [5.74, 6) is 6.60. The maximum atomic E-state index is 2.39. The van der Waals surface area contributed by atoms with Crippen molar-refractivity contribution < 1.29 is 0 Å². The van der Waals surface area contributed by atoms with Crippen LogP contribution in [-0.2, 0) is 0 Å². The summed E-state index contributed by atoms with van der Waals surface area (Å²) in [6.45, 7) is 20.8. The van der Waals surface area contributed by atoms with Crippen LogP contribution in [0.15, 0.2) is 24.3 Å². The molecule has 0 amide bonds. The summed E-state index contributed by atoms with van der Waals surface area (Å²) >= 11 is 0. The lowest BCUT2D eigenvalue weighted by Gasteiger charge is -2.28. The van der Waals surface area contributed by atoms with Crippen molar-refractivity contribution in [2.24, 2.45) is 35.5 Å². The standard InChI is InChI=1S/2C10H20.C10H14.CH4/c3*1-8(2)10-6-4-9(3)5-7-10;/h2*8-10H,4-7H2,1-3H3;4-8H,1-3H3;1H4. The Morgan fingerprint density at radius 2 is 0.903 bits per heavy atom. The average Bonchev–Trinajstić information content (AvgIpc) is 2.70. The molecule has 0 saturated heterocycles. The van der Waals surface area contributed by atoms with E-state index in [1.54, 1.807) is 0 Å². The quantitative estimate of drug-likeness (QED) is 0.447. The molecule has 0 unspecified atom stereocenters. The summed E-state index contributed by atoms with van der Waals surface area (Å²) in [6, 6.07) is 8.71. The molecule has 0 aliphatic heterocycles. The Bertz CT molecular complexity index is 494. The van der Waals surface area contributed by atoms with Crippen LogP contribution in [-0.4, -0.2) is 0 Å². The van der Waals surface area contributed by atoms with Crippen molar-refractivity contribution in [2.75, 3.05) is 0 Å². The largest absolute Gasteiger partial charge is 0.0776 e. The molecule has 1 aromatic rings. The molecule has 0 heteroatoms. The van der Waals surface area contributed by atoms with Crippen LogP contribution in [0.5, 0.6) is 0 Å². The first-order valence-electron chi connectivity index (χ1n) is 13.2. The van der Waals surface area contributed by atoms with E-state index in [0.29, 0.717) is 5.92 Å². The molecule has 2 saturated carbocycles. The molecule has 0 nitrogen and oxygen atoms in total. The highest BCUT2D eigenvalue weighted by Gasteiger charge is 2.20. The van der Waals surface area contributed by atoms with Crippen molar-refractivity contribution >= 4 is 0 Å². The molecule has 0 bridgehead atoms. The second-order valence-electron chi connectivity index (χ2n) is 11.6. The lowest BCUT2D eigenvalue weighted by molar-refractivity contribution is 0.234. The number of hydrogen-bond donors (Lipinski definition) is 0. The minimum absolute atomic E-state index is 0. The van der Waals surface area contributed by atoms with Crippen LogP contribution in [0.3, 0.4) is 0 Å². The molecule has 1 aromatic carbocycles. The molecule has 2 fully saturated rings. The van der Waals surface area contributed by atoms with Crippen molar-refractivity contribution in [3.63, 3.8) is 0 Å². The van der Waals surface area contributed by atoms with Crippen LogP contribution >= 0.6 is 0 Å². The van der Waals surface area contributed by atoms with E-state index in [1.807, 2.05) is 0 Å². The third-order valence-corrected chi connectivity index (χ3v) is 7.75. The van der Waals surface area contributed by atoms with Gasteiger partial charge in [-0.15, -0.1) is 0 Å². The Kier molecular flexibility index (Phi) is 15.5. The molecule has 3 rings (SSSR count). The van der Waals surface area contributed by atoms with Gasteiger partial charge in [0.1, 0.15) is 0 Å². The van der Waals surface area contributed by atoms with E-state index in [-0.39, 0.29) is 7.43 Å². The third-order valence-electron chi connectivity index (χ3n) is 7.75. The van der Waals surface area contributed by atoms with Gasteiger partial charge in [-0.3, -0.25) is 0 Å². The van der Waals surface area contributed by atoms with Crippen molar-refractivity contribution in [2.45, 2.75) is 127 Å². The second kappa shape index (κ2) is 15.9. The fraction of sp³-hybridized carbons (Fsp3) is 0.806. The fourth-order valence-electron chi connectivity index (χ4n) is 4.86. The zero-order valence-electron chi connectivity index (χ0n) is 22.0. The second-order valence-corrected chi connectivity index (χ2v) is 11.6. The minimum atomic E-state index is 0. The van der Waals surface area contributed by atoms with Crippen molar-refractivity contribution in [1.82, 2.24) is 0 Å². The summed E-state index contributed by atoms with van der Waals surface area (Å²) < 4.78 is 0. The number of benzene rings is 1. The summed E-state index contributed by atoms with van der Waals surface area (Å²) in [5.41, 5.74) is 2.76. The highest BCUT2D eigenvalue weighted by Crippen LogP contribution is 2.33. The van der Waals surface area contributed by atoms with E-state index >= 15 is 0 Å². The first-order valence-corrected chi connectivity index (χ1v) is 13.2. The van der Waals surface area contributed by atoms with E-state index < -0.39 is 0 Å². The van der Waals surface area contributed by atoms with Gasteiger partial charge in [0.25, 0.3) is 0 Å². The van der Waals surface area contributed by atoms with Crippen LogP contribution in [0.25, 0.3) is 0 Å². The van der Waals surface area contributed by atoms with Gasteiger partial charge in [-0.25, -0.2) is 0 Å². The normalized spacial score (nSPS) is 25.8. The highest BCUT2D eigenvalue weighted by molar-refractivity contribution is 5.23. The van der Waals surface area contributed by atoms with Crippen LogP contribution < -0.4 is 0 Å². The van der Waals surface area contributed by atoms with Gasteiger partial charge in [-0.2, -0.15) is 0 Å². The summed E-state index contributed by atoms with van der Waals surface area (Å²) in [7, 11) is 0. The van der Waals surface area contributed by atoms with Crippen LogP contribution in [0.1, 0.15) is 131 Å². The molecule has 0 heterocycles. The monoisotopic (exact) mass is 430 g/mol. The summed E-state index contributed by atoms with van der Waals surface area (Å²) in [4.78, 5) is 0. The molecule has 0 spiro atoms. The molecule has 182 valence electrons. The van der Waals surface area contributed by atoms with Crippen LogP contribution in [0.4, 0.5) is 0 Å². The van der Waals surface area contributed by atoms with E-state index in [0.717, 1.165) is 35.5 Å². The highest BCUT2D eigenvalue weighted by atomic mass is 14.3. The molecule has 31 heavy (non-hydrogen) atoms. The zero-order chi connectivity index (χ0) is 22.7. The van der Waals surface area contributed by atoms with Gasteiger partial charge >= 0.3 is 0 Å². The summed E-state index contributed by atoms with van der Waals surface area (Å²) in [5, 5.41) is 0. The summed E-state index contributed by atoms with van der Waals surface area (Å²) in [6.07, 6.45) is 11.8. The number of rotatable bonds is 3. The predicted molar refractivity (Wildman–Crippen MR) is 144 cm³/mol. The first-order chi connectivity index (χ1) is 14.1. The topological polar surface area (TPSA) is 0 Å². The molecular weight excluding hydrogens is 372 g/mol. The Morgan fingerprint density at radius 1 is 0.581 bits per heavy atom. The SMILES string of the molecule is C.CC1CCC(C(C)C)CC1.CC1CCC(C(C)C)CC1.Cc1ccc(C(C)C)cc1. The molecule has 2 aliphatic carbocycles. The minimum Gasteiger partial charge on any atom is -0.0776 e. The van der Waals surface area contributed by atoms with Gasteiger partial charge in [-0.05, 0) is 79.6 Å². The van der Waals surface area contributed by atoms with Gasteiger partial charge in [0, 0.05) is 0 Å². The Hall–Kier alpha value is -0.780. The Labute approximate surface area is 198 Å². The Morgan fingerprint density at radius 3 is 1.16 bits per heavy atom. The number of hydrogen-bond acceptors (Lipinski definition) is 0. The molecule has 0 atom stereocenters. The molecule has 0 N–H and O–H groups in total. The van der Waals surface area contributed by atoms with Gasteiger partial charge in [0.2, 0.25) is 0 Å². The molecule has 2 aliphatic rings. The van der Waals surface area contributed by atoms with Gasteiger partial charge in [0.05, 0.1) is 0 Å². The average molecular weight is 431 g/mol. The maximum Gasteiger partial charge on any atom is -0.0219 e. The van der Waals surface area contributed by atoms with E-state index in [1.165, 1.54) is 62.5 Å². The smallest absolute Gasteiger partial charge is 0.0219 e. The van der Waals surface area contributed by atoms with Crippen molar-refractivity contribution in [3.8, 4) is 0 Å². The van der Waals surface area contributed by atoms with Crippen molar-refractivity contribution in [3.05, 3.63) is 35.4 Å². The van der Waals surface area contributed by atoms with Gasteiger partial charge in [-0.1, -0.05) is 118 Å². The third kappa shape index (κ3) is 12.7. The van der Waals surface area contributed by atoms with Crippen LogP contribution in [0, 0.1) is 42.4 Å². The first kappa shape index (κ1) is 30.2. The Balaban J connectivity index is 0.000000429. The zero-order valence-corrected chi connectivity index (χ0v) is 22.0. The molecule has 0 aromatic heterocycles. The van der Waals surface area contributed by atoms with Gasteiger partial charge < -0.3 is 0 Å². The molecule has 0 radical (unpaired) electrons. The van der Waals surface area contributed by atoms with E-state index in [4.69, 9.17) is 0 Å². The maximum absolute atomic E-state index is 2.39. The van der Waals surface area contributed by atoms with Crippen molar-refractivity contribution in [1.29, 1.82) is 0 Å². The van der Waals surface area contributed by atoms with Crippen LogP contribution in [0.2, 0.25) is 0 Å². The fourth-order valence-corrected chi connectivity index (χ4v) is 4.86. The van der Waals surface area contributed by atoms with Gasteiger partial charge in [0.15, 0.2) is 0 Å². The van der Waals surface area contributed by atoms with E-state index in [9.17, 15) is 0 Å². The van der Waals surface area contributed by atoms with E-state index in [2.05, 4.69) is 86.6 Å². The predicted octanol–water partition coefficient (Wildman–Crippen LogP) is 10.7. The lowest BCUT2D eigenvalue weighted by Crippen LogP contribution is -2.16.